The van der Waals surface area contributed by atoms with Crippen molar-refractivity contribution in [2.75, 3.05) is 18.5 Å². The number of anilines is 1. The largest absolute Gasteiger partial charge is 0.435 e. The van der Waals surface area contributed by atoms with Gasteiger partial charge in [-0.05, 0) is 37.1 Å². The van der Waals surface area contributed by atoms with E-state index in [0.717, 1.165) is 31.0 Å². The third kappa shape index (κ3) is 5.28. The predicted octanol–water partition coefficient (Wildman–Crippen LogP) is 2.94. The van der Waals surface area contributed by atoms with Gasteiger partial charge in [0, 0.05) is 24.8 Å². The average Bonchev–Trinajstić information content (AvgIpc) is 3.31. The van der Waals surface area contributed by atoms with Gasteiger partial charge >= 0.3 is 6.18 Å². The van der Waals surface area contributed by atoms with Crippen LogP contribution in [0.1, 0.15) is 28.9 Å². The van der Waals surface area contributed by atoms with Crippen molar-refractivity contribution in [2.24, 2.45) is 4.99 Å². The molecule has 1 unspecified atom stereocenters. The minimum atomic E-state index is -4.61. The monoisotopic (exact) mass is 399 g/mol. The highest BCUT2D eigenvalue weighted by Gasteiger charge is 2.34. The highest BCUT2D eigenvalue weighted by molar-refractivity contribution is 6.06. The molecule has 150 valence electrons. The van der Waals surface area contributed by atoms with Crippen molar-refractivity contribution < 1.29 is 27.1 Å². The molecule has 0 radical (unpaired) electrons. The number of rotatable bonds is 4. The summed E-state index contributed by atoms with van der Waals surface area (Å²) in [4.78, 5) is 16.1. The van der Waals surface area contributed by atoms with E-state index in [-0.39, 0.29) is 23.4 Å². The van der Waals surface area contributed by atoms with Crippen LogP contribution in [-0.4, -0.2) is 41.3 Å². The van der Waals surface area contributed by atoms with Gasteiger partial charge in [0.05, 0.1) is 6.10 Å². The van der Waals surface area contributed by atoms with Crippen LogP contribution in [0.3, 0.4) is 0 Å². The molecule has 2 heterocycles. The lowest BCUT2D eigenvalue weighted by Gasteiger charge is -2.14. The summed E-state index contributed by atoms with van der Waals surface area (Å²) in [5, 5.41) is 10.8. The Labute approximate surface area is 157 Å². The van der Waals surface area contributed by atoms with Crippen LogP contribution in [0.5, 0.6) is 0 Å². The Morgan fingerprint density at radius 3 is 2.68 bits per heavy atom. The van der Waals surface area contributed by atoms with Gasteiger partial charge in [0.15, 0.2) is 5.69 Å². The van der Waals surface area contributed by atoms with E-state index in [4.69, 9.17) is 4.74 Å². The second kappa shape index (κ2) is 8.38. The number of hydrogen-bond donors (Lipinski definition) is 3. The van der Waals surface area contributed by atoms with Gasteiger partial charge in [-0.2, -0.15) is 23.3 Å². The number of H-pyrrole nitrogens is 1. The minimum Gasteiger partial charge on any atom is -0.376 e. The van der Waals surface area contributed by atoms with Gasteiger partial charge < -0.3 is 15.4 Å². The Hall–Kier alpha value is -2.95. The first-order chi connectivity index (χ1) is 13.3. The molecule has 3 rings (SSSR count). The Bertz CT molecular complexity index is 842. The standard InChI is InChI=1S/C17H17F4N5O2/c18-11-5-3-10(4-6-11)15(27)24-16(22-9-12-2-1-7-28-12)23-14-8-13(25-26-14)17(19,20)21/h3-6,8,12H,1-2,7,9H2,(H3,22,23,24,25,26,27). The molecule has 1 aromatic heterocycles. The number of amides is 1. The normalized spacial score (nSPS) is 17.6. The first-order valence-corrected chi connectivity index (χ1v) is 8.45. The molecule has 1 saturated heterocycles. The molecule has 1 fully saturated rings. The second-order valence-electron chi connectivity index (χ2n) is 6.08. The first-order valence-electron chi connectivity index (χ1n) is 8.45. The topological polar surface area (TPSA) is 91.4 Å². The van der Waals surface area contributed by atoms with Crippen molar-refractivity contribution in [1.29, 1.82) is 0 Å². The predicted molar refractivity (Wildman–Crippen MR) is 92.4 cm³/mol. The maximum Gasteiger partial charge on any atom is 0.435 e. The number of hydrogen-bond acceptors (Lipinski definition) is 3. The molecular formula is C17H17F4N5O2. The summed E-state index contributed by atoms with van der Waals surface area (Å²) in [6, 6.07) is 5.50. The molecule has 7 nitrogen and oxygen atoms in total. The van der Waals surface area contributed by atoms with Gasteiger partial charge in [-0.3, -0.25) is 9.89 Å². The Morgan fingerprint density at radius 1 is 1.32 bits per heavy atom. The maximum absolute atomic E-state index is 13.0. The molecule has 1 aliphatic heterocycles. The van der Waals surface area contributed by atoms with Crippen molar-refractivity contribution in [2.45, 2.75) is 25.1 Å². The Morgan fingerprint density at radius 2 is 2.07 bits per heavy atom. The van der Waals surface area contributed by atoms with Gasteiger partial charge in [-0.25, -0.2) is 4.39 Å². The van der Waals surface area contributed by atoms with Crippen molar-refractivity contribution in [3.05, 3.63) is 47.4 Å². The molecule has 0 bridgehead atoms. The molecule has 2 aromatic rings. The summed E-state index contributed by atoms with van der Waals surface area (Å²) in [7, 11) is 0. The lowest BCUT2D eigenvalue weighted by atomic mass is 10.2. The van der Waals surface area contributed by atoms with E-state index in [9.17, 15) is 22.4 Å². The zero-order chi connectivity index (χ0) is 20.1. The van der Waals surface area contributed by atoms with Crippen LogP contribution in [0.4, 0.5) is 23.4 Å². The fraction of sp³-hybridized carbons (Fsp3) is 0.353. The number of aromatic nitrogens is 2. The van der Waals surface area contributed by atoms with Crippen LogP contribution in [0.2, 0.25) is 0 Å². The maximum atomic E-state index is 13.0. The lowest BCUT2D eigenvalue weighted by Crippen LogP contribution is -2.37. The number of carbonyl (C=O) groups is 1. The summed E-state index contributed by atoms with van der Waals surface area (Å²) in [5.74, 6) is -1.38. The van der Waals surface area contributed by atoms with E-state index in [1.165, 1.54) is 12.1 Å². The number of aromatic amines is 1. The van der Waals surface area contributed by atoms with E-state index in [0.29, 0.717) is 13.2 Å². The summed E-state index contributed by atoms with van der Waals surface area (Å²) in [6.45, 7) is 0.930. The number of guanidine groups is 1. The van der Waals surface area contributed by atoms with E-state index in [2.05, 4.69) is 25.8 Å². The van der Waals surface area contributed by atoms with Crippen LogP contribution in [0.25, 0.3) is 0 Å². The zero-order valence-corrected chi connectivity index (χ0v) is 14.5. The fourth-order valence-corrected chi connectivity index (χ4v) is 2.54. The number of halogens is 4. The van der Waals surface area contributed by atoms with Gasteiger partial charge in [0.25, 0.3) is 5.91 Å². The molecule has 1 atom stereocenters. The number of ether oxygens (including phenoxy) is 1. The smallest absolute Gasteiger partial charge is 0.376 e. The molecule has 0 aliphatic carbocycles. The number of carbonyl (C=O) groups excluding carboxylic acids is 1. The summed E-state index contributed by atoms with van der Waals surface area (Å²) < 4.78 is 56.6. The number of benzene rings is 1. The SMILES string of the molecule is O=C(/N=C(/NCC1CCCO1)Nc1cc(C(F)(F)F)n[nH]1)c1ccc(F)cc1. The third-order valence-electron chi connectivity index (χ3n) is 3.95. The van der Waals surface area contributed by atoms with E-state index >= 15 is 0 Å². The molecule has 3 N–H and O–H groups in total. The van der Waals surface area contributed by atoms with Gasteiger partial charge in [-0.1, -0.05) is 0 Å². The highest BCUT2D eigenvalue weighted by Crippen LogP contribution is 2.28. The lowest BCUT2D eigenvalue weighted by molar-refractivity contribution is -0.141. The minimum absolute atomic E-state index is 0.0813. The van der Waals surface area contributed by atoms with Gasteiger partial charge in [0.1, 0.15) is 11.6 Å². The molecular weight excluding hydrogens is 382 g/mol. The number of nitrogens with zero attached hydrogens (tertiary/aromatic N) is 2. The van der Waals surface area contributed by atoms with E-state index in [1.54, 1.807) is 0 Å². The van der Waals surface area contributed by atoms with Crippen LogP contribution < -0.4 is 10.6 Å². The summed E-state index contributed by atoms with van der Waals surface area (Å²) in [6.07, 6.45) is -2.99. The molecule has 0 saturated carbocycles. The van der Waals surface area contributed by atoms with Crippen LogP contribution in [0, 0.1) is 5.82 Å². The van der Waals surface area contributed by atoms with Crippen LogP contribution >= 0.6 is 0 Å². The van der Waals surface area contributed by atoms with E-state index < -0.39 is 23.6 Å². The first kappa shape index (κ1) is 19.8. The average molecular weight is 399 g/mol. The molecule has 1 amide bonds. The third-order valence-corrected chi connectivity index (χ3v) is 3.95. The van der Waals surface area contributed by atoms with Crippen molar-refractivity contribution in [1.82, 2.24) is 15.5 Å². The fourth-order valence-electron chi connectivity index (χ4n) is 2.54. The van der Waals surface area contributed by atoms with Crippen molar-refractivity contribution >= 4 is 17.7 Å². The van der Waals surface area contributed by atoms with Gasteiger partial charge in [0.2, 0.25) is 5.96 Å². The number of alkyl halides is 3. The molecule has 1 aromatic carbocycles. The van der Waals surface area contributed by atoms with Crippen molar-refractivity contribution in [3.63, 3.8) is 0 Å². The van der Waals surface area contributed by atoms with Crippen LogP contribution in [-0.2, 0) is 10.9 Å². The van der Waals surface area contributed by atoms with Crippen molar-refractivity contribution in [3.8, 4) is 0 Å². The second-order valence-corrected chi connectivity index (χ2v) is 6.08. The zero-order valence-electron chi connectivity index (χ0n) is 14.5. The molecule has 11 heteroatoms. The van der Waals surface area contributed by atoms with Crippen LogP contribution in [0.15, 0.2) is 35.3 Å². The van der Waals surface area contributed by atoms with E-state index in [1.807, 2.05) is 0 Å². The Balaban J connectivity index is 1.76. The summed E-state index contributed by atoms with van der Waals surface area (Å²) in [5.41, 5.74) is -0.987. The molecule has 0 spiro atoms. The van der Waals surface area contributed by atoms with Gasteiger partial charge in [-0.15, -0.1) is 0 Å². The number of nitrogens with one attached hydrogen (secondary N) is 3. The highest BCUT2D eigenvalue weighted by atomic mass is 19.4. The Kier molecular flexibility index (Phi) is 5.93. The number of aliphatic imine (C=N–C) groups is 1. The summed E-state index contributed by atoms with van der Waals surface area (Å²) >= 11 is 0. The molecule has 1 aliphatic rings. The quantitative estimate of drug-likeness (QED) is 0.418. The molecule has 28 heavy (non-hydrogen) atoms.